The van der Waals surface area contributed by atoms with E-state index in [0.717, 1.165) is 5.75 Å². The van der Waals surface area contributed by atoms with Crippen LogP contribution in [0.15, 0.2) is 0 Å². The van der Waals surface area contributed by atoms with Crippen LogP contribution < -0.4 is 5.14 Å². The summed E-state index contributed by atoms with van der Waals surface area (Å²) >= 11 is 1.47. The zero-order valence-electron chi connectivity index (χ0n) is 8.35. The Morgan fingerprint density at radius 2 is 1.33 bits per heavy atom. The van der Waals surface area contributed by atoms with Crippen LogP contribution in [0.2, 0.25) is 0 Å². The zero-order valence-corrected chi connectivity index (χ0v) is 9.17. The molecule has 0 amide bonds. The summed E-state index contributed by atoms with van der Waals surface area (Å²) < 4.78 is 0. The normalized spacial score (nSPS) is 10.5. The Balaban J connectivity index is 2.73. The molecule has 0 rings (SSSR count). The first-order valence-electron chi connectivity index (χ1n) is 5.23. The number of hydrogen-bond acceptors (Lipinski definition) is 2. The van der Waals surface area contributed by atoms with Crippen molar-refractivity contribution in [2.45, 2.75) is 58.3 Å². The van der Waals surface area contributed by atoms with E-state index in [9.17, 15) is 0 Å². The fourth-order valence-corrected chi connectivity index (χ4v) is 1.69. The van der Waals surface area contributed by atoms with Crippen molar-refractivity contribution < 1.29 is 0 Å². The van der Waals surface area contributed by atoms with E-state index in [1.165, 1.54) is 63.3 Å². The zero-order chi connectivity index (χ0) is 9.07. The summed E-state index contributed by atoms with van der Waals surface area (Å²) in [5, 5.41) is 5.33. The lowest BCUT2D eigenvalue weighted by Gasteiger charge is -1.99. The second-order valence-corrected chi connectivity index (χ2v) is 4.09. The third kappa shape index (κ3) is 10.3. The second-order valence-electron chi connectivity index (χ2n) is 3.35. The average Bonchev–Trinajstić information content (AvgIpc) is 2.10. The van der Waals surface area contributed by atoms with Gasteiger partial charge >= 0.3 is 0 Å². The van der Waals surface area contributed by atoms with Gasteiger partial charge in [0.1, 0.15) is 0 Å². The standard InChI is InChI=1S/C10H23NS/c1-2-3-4-5-6-7-8-9-10-12-11/h2-11H2,1H3. The SMILES string of the molecule is CCCCCCCCCCSN. The molecule has 0 unspecified atom stereocenters. The van der Waals surface area contributed by atoms with Crippen LogP contribution in [0.5, 0.6) is 0 Å². The van der Waals surface area contributed by atoms with Crippen molar-refractivity contribution in [2.75, 3.05) is 5.75 Å². The Kier molecular flexibility index (Phi) is 11.6. The van der Waals surface area contributed by atoms with Crippen molar-refractivity contribution in [1.82, 2.24) is 0 Å². The molecule has 0 aliphatic carbocycles. The van der Waals surface area contributed by atoms with Gasteiger partial charge in [0.15, 0.2) is 0 Å². The lowest BCUT2D eigenvalue weighted by atomic mass is 10.1. The van der Waals surface area contributed by atoms with Gasteiger partial charge in [-0.3, -0.25) is 5.14 Å². The Labute approximate surface area is 81.6 Å². The van der Waals surface area contributed by atoms with Crippen LogP contribution in [0.3, 0.4) is 0 Å². The van der Waals surface area contributed by atoms with E-state index in [2.05, 4.69) is 6.92 Å². The van der Waals surface area contributed by atoms with Crippen molar-refractivity contribution in [3.05, 3.63) is 0 Å². The Bertz CT molecular complexity index is 66.2. The van der Waals surface area contributed by atoms with Crippen LogP contribution >= 0.6 is 11.9 Å². The van der Waals surface area contributed by atoms with Crippen molar-refractivity contribution in [1.29, 1.82) is 0 Å². The summed E-state index contributed by atoms with van der Waals surface area (Å²) in [6.45, 7) is 2.26. The van der Waals surface area contributed by atoms with Crippen LogP contribution in [0.25, 0.3) is 0 Å². The van der Waals surface area contributed by atoms with Crippen LogP contribution in [-0.4, -0.2) is 5.75 Å². The third-order valence-electron chi connectivity index (χ3n) is 2.12. The summed E-state index contributed by atoms with van der Waals surface area (Å²) in [5.41, 5.74) is 0. The predicted octanol–water partition coefficient (Wildman–Crippen LogP) is 3.73. The highest BCUT2D eigenvalue weighted by Gasteiger charge is 1.90. The van der Waals surface area contributed by atoms with Crippen LogP contribution in [0.1, 0.15) is 58.3 Å². The van der Waals surface area contributed by atoms with E-state index < -0.39 is 0 Å². The number of rotatable bonds is 9. The van der Waals surface area contributed by atoms with Gasteiger partial charge in [-0.15, -0.1) is 0 Å². The summed E-state index contributed by atoms with van der Waals surface area (Å²) in [6, 6.07) is 0. The monoisotopic (exact) mass is 189 g/mol. The number of unbranched alkanes of at least 4 members (excludes halogenated alkanes) is 7. The molecule has 0 aromatic heterocycles. The number of hydrogen-bond donors (Lipinski definition) is 1. The molecule has 0 atom stereocenters. The smallest absolute Gasteiger partial charge is 0.00764 e. The lowest BCUT2D eigenvalue weighted by Crippen LogP contribution is -1.86. The minimum Gasteiger partial charge on any atom is -0.278 e. The number of nitrogens with two attached hydrogens (primary N) is 1. The molecule has 0 spiro atoms. The van der Waals surface area contributed by atoms with E-state index in [1.54, 1.807) is 0 Å². The van der Waals surface area contributed by atoms with Gasteiger partial charge in [-0.25, -0.2) is 0 Å². The molecule has 0 aliphatic heterocycles. The highest BCUT2D eigenvalue weighted by Crippen LogP contribution is 2.09. The molecule has 0 aliphatic rings. The fourth-order valence-electron chi connectivity index (χ4n) is 1.32. The van der Waals surface area contributed by atoms with Crippen molar-refractivity contribution in [3.8, 4) is 0 Å². The van der Waals surface area contributed by atoms with Crippen LogP contribution in [0, 0.1) is 0 Å². The van der Waals surface area contributed by atoms with Crippen LogP contribution in [-0.2, 0) is 0 Å². The molecule has 0 saturated carbocycles. The molecule has 74 valence electrons. The van der Waals surface area contributed by atoms with Crippen LogP contribution in [0.4, 0.5) is 0 Å². The maximum atomic E-state index is 5.33. The van der Waals surface area contributed by atoms with Gasteiger partial charge in [-0.1, -0.05) is 63.8 Å². The van der Waals surface area contributed by atoms with E-state index in [1.807, 2.05) is 0 Å². The van der Waals surface area contributed by atoms with Gasteiger partial charge in [0.2, 0.25) is 0 Å². The van der Waals surface area contributed by atoms with E-state index in [0.29, 0.717) is 0 Å². The molecule has 0 heterocycles. The Hall–Kier alpha value is 0.310. The van der Waals surface area contributed by atoms with E-state index in [4.69, 9.17) is 5.14 Å². The summed E-state index contributed by atoms with van der Waals surface area (Å²) in [7, 11) is 0. The Morgan fingerprint density at radius 1 is 0.833 bits per heavy atom. The van der Waals surface area contributed by atoms with Gasteiger partial charge in [0.25, 0.3) is 0 Å². The molecule has 0 bridgehead atoms. The summed E-state index contributed by atoms with van der Waals surface area (Å²) in [4.78, 5) is 0. The average molecular weight is 189 g/mol. The summed E-state index contributed by atoms with van der Waals surface area (Å²) in [5.74, 6) is 1.13. The van der Waals surface area contributed by atoms with Crippen molar-refractivity contribution in [3.63, 3.8) is 0 Å². The highest BCUT2D eigenvalue weighted by atomic mass is 32.2. The van der Waals surface area contributed by atoms with E-state index in [-0.39, 0.29) is 0 Å². The molecule has 0 fully saturated rings. The van der Waals surface area contributed by atoms with E-state index >= 15 is 0 Å². The highest BCUT2D eigenvalue weighted by molar-refractivity contribution is 7.97. The molecule has 0 radical (unpaired) electrons. The van der Waals surface area contributed by atoms with Gasteiger partial charge in [-0.05, 0) is 6.42 Å². The molecule has 0 saturated heterocycles. The Morgan fingerprint density at radius 3 is 1.83 bits per heavy atom. The molecular weight excluding hydrogens is 166 g/mol. The summed E-state index contributed by atoms with van der Waals surface area (Å²) in [6.07, 6.45) is 11.1. The largest absolute Gasteiger partial charge is 0.278 e. The van der Waals surface area contributed by atoms with Crippen molar-refractivity contribution >= 4 is 11.9 Å². The maximum Gasteiger partial charge on any atom is 0.00764 e. The molecule has 2 N–H and O–H groups in total. The topological polar surface area (TPSA) is 26.0 Å². The fraction of sp³-hybridized carbons (Fsp3) is 1.00. The minimum atomic E-state index is 1.13. The first-order chi connectivity index (χ1) is 5.91. The second kappa shape index (κ2) is 11.3. The van der Waals surface area contributed by atoms with Gasteiger partial charge in [0, 0.05) is 5.75 Å². The lowest BCUT2D eigenvalue weighted by molar-refractivity contribution is 0.586. The molecule has 0 aromatic rings. The quantitative estimate of drug-likeness (QED) is 0.442. The molecule has 1 nitrogen and oxygen atoms in total. The first-order valence-corrected chi connectivity index (χ1v) is 6.28. The molecule has 2 heteroatoms. The minimum absolute atomic E-state index is 1.13. The molecule has 12 heavy (non-hydrogen) atoms. The van der Waals surface area contributed by atoms with Gasteiger partial charge in [0.05, 0.1) is 0 Å². The maximum absolute atomic E-state index is 5.33. The third-order valence-corrected chi connectivity index (χ3v) is 2.64. The first kappa shape index (κ1) is 12.3. The van der Waals surface area contributed by atoms with Gasteiger partial charge in [-0.2, -0.15) is 0 Å². The van der Waals surface area contributed by atoms with Crippen molar-refractivity contribution in [2.24, 2.45) is 5.14 Å². The predicted molar refractivity (Wildman–Crippen MR) is 59.3 cm³/mol. The molecular formula is C10H23NS. The van der Waals surface area contributed by atoms with Gasteiger partial charge < -0.3 is 0 Å². The molecule has 0 aromatic carbocycles.